The Morgan fingerprint density at radius 3 is 2.43 bits per heavy atom. The summed E-state index contributed by atoms with van der Waals surface area (Å²) < 4.78 is 5.85. The van der Waals surface area contributed by atoms with Gasteiger partial charge in [-0.3, -0.25) is 0 Å². The van der Waals surface area contributed by atoms with Crippen LogP contribution in [0.2, 0.25) is 0 Å². The Labute approximate surface area is 125 Å². The van der Waals surface area contributed by atoms with Crippen LogP contribution in [0.3, 0.4) is 0 Å². The zero-order valence-electron chi connectivity index (χ0n) is 12.4. The molecule has 0 saturated heterocycles. The zero-order chi connectivity index (χ0) is 15.2. The highest BCUT2D eigenvalue weighted by atomic mass is 16.5. The number of hydrogen-bond donors (Lipinski definition) is 1. The first-order valence-electron chi connectivity index (χ1n) is 7.10. The van der Waals surface area contributed by atoms with Gasteiger partial charge in [-0.2, -0.15) is 0 Å². The van der Waals surface area contributed by atoms with Crippen molar-refractivity contribution in [2.45, 2.75) is 26.9 Å². The van der Waals surface area contributed by atoms with Crippen LogP contribution in [0.4, 0.5) is 0 Å². The van der Waals surface area contributed by atoms with Gasteiger partial charge in [-0.25, -0.2) is 4.79 Å². The minimum absolute atomic E-state index is 0.328. The number of carboxylic acids is 1. The highest BCUT2D eigenvalue weighted by Gasteiger charge is 2.16. The first-order chi connectivity index (χ1) is 10.1. The third-order valence-corrected chi connectivity index (χ3v) is 3.21. The van der Waals surface area contributed by atoms with Crippen LogP contribution in [-0.4, -0.2) is 11.1 Å². The predicted molar refractivity (Wildman–Crippen MR) is 82.7 cm³/mol. The number of carbonyl (C=O) groups is 1. The summed E-state index contributed by atoms with van der Waals surface area (Å²) in [6.45, 7) is 4.58. The zero-order valence-corrected chi connectivity index (χ0v) is 12.4. The molecule has 110 valence electrons. The van der Waals surface area contributed by atoms with E-state index in [1.54, 1.807) is 12.1 Å². The minimum Gasteiger partial charge on any atom is -0.489 e. The van der Waals surface area contributed by atoms with Crippen molar-refractivity contribution in [2.75, 3.05) is 0 Å². The molecule has 1 N–H and O–H groups in total. The lowest BCUT2D eigenvalue weighted by Crippen LogP contribution is -2.08. The molecule has 0 spiro atoms. The fraction of sp³-hybridized carbons (Fsp3) is 0.278. The molecule has 21 heavy (non-hydrogen) atoms. The number of benzene rings is 2. The van der Waals surface area contributed by atoms with Gasteiger partial charge >= 0.3 is 5.97 Å². The number of aromatic carboxylic acids is 1. The van der Waals surface area contributed by atoms with Gasteiger partial charge in [0.25, 0.3) is 0 Å². The van der Waals surface area contributed by atoms with Crippen LogP contribution in [0.25, 0.3) is 0 Å². The number of hydrogen-bond acceptors (Lipinski definition) is 2. The van der Waals surface area contributed by atoms with E-state index in [1.807, 2.05) is 36.4 Å². The molecule has 3 heteroatoms. The van der Waals surface area contributed by atoms with Gasteiger partial charge in [0.05, 0.1) is 5.56 Å². The van der Waals surface area contributed by atoms with Crippen molar-refractivity contribution < 1.29 is 14.6 Å². The summed E-state index contributed by atoms with van der Waals surface area (Å²) in [6, 6.07) is 15.1. The monoisotopic (exact) mass is 284 g/mol. The summed E-state index contributed by atoms with van der Waals surface area (Å²) in [7, 11) is 0. The summed E-state index contributed by atoms with van der Waals surface area (Å²) in [5.74, 6) is 0.118. The summed E-state index contributed by atoms with van der Waals surface area (Å²) in [6.07, 6.45) is 0.687. The second-order valence-corrected chi connectivity index (χ2v) is 5.46. The van der Waals surface area contributed by atoms with E-state index in [4.69, 9.17) is 4.74 Å². The minimum atomic E-state index is -0.907. The third kappa shape index (κ3) is 4.09. The standard InChI is InChI=1S/C18H20O3/c1-13(2)11-16-15(18(19)20)9-6-10-17(16)21-12-14-7-4-3-5-8-14/h3-10,13H,11-12H2,1-2H3,(H,19,20). The molecule has 2 aromatic rings. The van der Waals surface area contributed by atoms with E-state index in [2.05, 4.69) is 13.8 Å². The van der Waals surface area contributed by atoms with E-state index in [-0.39, 0.29) is 0 Å². The predicted octanol–water partition coefficient (Wildman–Crippen LogP) is 4.16. The first-order valence-corrected chi connectivity index (χ1v) is 7.10. The third-order valence-electron chi connectivity index (χ3n) is 3.21. The van der Waals surface area contributed by atoms with Crippen molar-refractivity contribution in [1.29, 1.82) is 0 Å². The van der Waals surface area contributed by atoms with Crippen LogP contribution in [-0.2, 0) is 13.0 Å². The highest BCUT2D eigenvalue weighted by Crippen LogP contribution is 2.26. The van der Waals surface area contributed by atoms with Crippen molar-refractivity contribution >= 4 is 5.97 Å². The molecular formula is C18H20O3. The van der Waals surface area contributed by atoms with Gasteiger partial charge in [-0.1, -0.05) is 50.2 Å². The maximum atomic E-state index is 11.4. The Bertz CT molecular complexity index is 603. The van der Waals surface area contributed by atoms with Gasteiger partial charge in [0.1, 0.15) is 12.4 Å². The van der Waals surface area contributed by atoms with Gasteiger partial charge < -0.3 is 9.84 Å². The van der Waals surface area contributed by atoms with Gasteiger partial charge in [-0.15, -0.1) is 0 Å². The van der Waals surface area contributed by atoms with E-state index in [0.29, 0.717) is 30.3 Å². The molecule has 0 aliphatic heterocycles. The molecule has 0 heterocycles. The lowest BCUT2D eigenvalue weighted by atomic mass is 9.97. The number of carboxylic acid groups (broad SMARTS) is 1. The molecule has 2 rings (SSSR count). The molecule has 0 atom stereocenters. The van der Waals surface area contributed by atoms with Crippen molar-refractivity contribution in [3.63, 3.8) is 0 Å². The molecule has 0 unspecified atom stereocenters. The number of ether oxygens (including phenoxy) is 1. The lowest BCUT2D eigenvalue weighted by Gasteiger charge is -2.15. The van der Waals surface area contributed by atoms with Crippen LogP contribution in [0.15, 0.2) is 48.5 Å². The molecular weight excluding hydrogens is 264 g/mol. The Morgan fingerprint density at radius 1 is 1.10 bits per heavy atom. The second-order valence-electron chi connectivity index (χ2n) is 5.46. The van der Waals surface area contributed by atoms with Crippen LogP contribution in [0, 0.1) is 5.92 Å². The second kappa shape index (κ2) is 6.93. The van der Waals surface area contributed by atoms with Gasteiger partial charge in [0.2, 0.25) is 0 Å². The van der Waals surface area contributed by atoms with Crippen molar-refractivity contribution in [3.05, 3.63) is 65.2 Å². The van der Waals surface area contributed by atoms with Gasteiger partial charge in [0, 0.05) is 5.56 Å². The SMILES string of the molecule is CC(C)Cc1c(OCc2ccccc2)cccc1C(=O)O. The van der Waals surface area contributed by atoms with Crippen LogP contribution >= 0.6 is 0 Å². The Balaban J connectivity index is 2.25. The van der Waals surface area contributed by atoms with E-state index >= 15 is 0 Å². The summed E-state index contributed by atoms with van der Waals surface area (Å²) in [5.41, 5.74) is 2.17. The maximum absolute atomic E-state index is 11.4. The quantitative estimate of drug-likeness (QED) is 0.866. The molecule has 0 aliphatic rings. The number of rotatable bonds is 6. The average molecular weight is 284 g/mol. The van der Waals surface area contributed by atoms with E-state index in [1.165, 1.54) is 0 Å². The molecule has 0 bridgehead atoms. The molecule has 0 aliphatic carbocycles. The van der Waals surface area contributed by atoms with Crippen LogP contribution in [0.5, 0.6) is 5.75 Å². The van der Waals surface area contributed by atoms with E-state index < -0.39 is 5.97 Å². The van der Waals surface area contributed by atoms with Crippen molar-refractivity contribution in [2.24, 2.45) is 5.92 Å². The summed E-state index contributed by atoms with van der Waals surface area (Å²) >= 11 is 0. The van der Waals surface area contributed by atoms with Crippen molar-refractivity contribution in [1.82, 2.24) is 0 Å². The smallest absolute Gasteiger partial charge is 0.336 e. The van der Waals surface area contributed by atoms with Gasteiger partial charge in [0.15, 0.2) is 0 Å². The Kier molecular flexibility index (Phi) is 4.99. The molecule has 3 nitrogen and oxygen atoms in total. The van der Waals surface area contributed by atoms with Crippen molar-refractivity contribution in [3.8, 4) is 5.75 Å². The first kappa shape index (κ1) is 15.1. The average Bonchev–Trinajstić information content (AvgIpc) is 2.46. The largest absolute Gasteiger partial charge is 0.489 e. The topological polar surface area (TPSA) is 46.5 Å². The fourth-order valence-electron chi connectivity index (χ4n) is 2.26. The molecule has 0 aromatic heterocycles. The molecule has 0 amide bonds. The summed E-state index contributed by atoms with van der Waals surface area (Å²) in [5, 5.41) is 9.33. The summed E-state index contributed by atoms with van der Waals surface area (Å²) in [4.78, 5) is 11.4. The molecule has 2 aromatic carbocycles. The fourth-order valence-corrected chi connectivity index (χ4v) is 2.26. The Hall–Kier alpha value is -2.29. The van der Waals surface area contributed by atoms with E-state index in [0.717, 1.165) is 11.1 Å². The van der Waals surface area contributed by atoms with Crippen LogP contribution in [0.1, 0.15) is 35.3 Å². The van der Waals surface area contributed by atoms with E-state index in [9.17, 15) is 9.90 Å². The lowest BCUT2D eigenvalue weighted by molar-refractivity contribution is 0.0695. The Morgan fingerprint density at radius 2 is 1.81 bits per heavy atom. The molecule has 0 saturated carbocycles. The van der Waals surface area contributed by atoms with Crippen LogP contribution < -0.4 is 4.74 Å². The van der Waals surface area contributed by atoms with Gasteiger partial charge in [-0.05, 0) is 30.0 Å². The maximum Gasteiger partial charge on any atom is 0.336 e. The molecule has 0 fully saturated rings. The molecule has 0 radical (unpaired) electrons. The highest BCUT2D eigenvalue weighted by molar-refractivity contribution is 5.90. The normalized spacial score (nSPS) is 10.6.